The quantitative estimate of drug-likeness (QED) is 0.129. The number of aliphatic carboxylic acids is 1. The molecule has 13 heteroatoms. The van der Waals surface area contributed by atoms with Gasteiger partial charge in [0.1, 0.15) is 17.8 Å². The maximum absolute atomic E-state index is 13.0. The van der Waals surface area contributed by atoms with Crippen LogP contribution in [0, 0.1) is 0 Å². The van der Waals surface area contributed by atoms with Gasteiger partial charge in [-0.2, -0.15) is 0 Å². The van der Waals surface area contributed by atoms with Crippen molar-refractivity contribution >= 4 is 40.5 Å². The van der Waals surface area contributed by atoms with Crippen LogP contribution in [0.1, 0.15) is 24.0 Å². The average molecular weight is 553 g/mol. The van der Waals surface area contributed by atoms with Gasteiger partial charge in [-0.05, 0) is 42.2 Å². The third-order valence-electron chi connectivity index (χ3n) is 6.20. The predicted molar refractivity (Wildman–Crippen MR) is 145 cm³/mol. The molecule has 3 unspecified atom stereocenters. The Labute approximate surface area is 229 Å². The van der Waals surface area contributed by atoms with E-state index in [2.05, 4.69) is 20.9 Å². The van der Waals surface area contributed by atoms with Crippen molar-refractivity contribution in [1.82, 2.24) is 20.9 Å². The largest absolute Gasteiger partial charge is 0.508 e. The summed E-state index contributed by atoms with van der Waals surface area (Å²) in [5.41, 5.74) is 13.6. The van der Waals surface area contributed by atoms with Gasteiger partial charge in [0.15, 0.2) is 0 Å². The van der Waals surface area contributed by atoms with Gasteiger partial charge in [0.25, 0.3) is 0 Å². The van der Waals surface area contributed by atoms with Crippen molar-refractivity contribution in [3.63, 3.8) is 0 Å². The minimum Gasteiger partial charge on any atom is -0.508 e. The number of rotatable bonds is 14. The van der Waals surface area contributed by atoms with Gasteiger partial charge in [-0.1, -0.05) is 30.3 Å². The number of carboxylic acids is 1. The summed E-state index contributed by atoms with van der Waals surface area (Å²) in [5, 5.41) is 27.0. The number of hydrogen-bond acceptors (Lipinski definition) is 7. The van der Waals surface area contributed by atoms with Gasteiger partial charge in [-0.25, -0.2) is 4.79 Å². The molecule has 0 bridgehead atoms. The van der Waals surface area contributed by atoms with E-state index in [0.717, 1.165) is 16.5 Å². The lowest BCUT2D eigenvalue weighted by molar-refractivity contribution is -0.142. The number of amides is 4. The van der Waals surface area contributed by atoms with E-state index in [4.69, 9.17) is 11.5 Å². The lowest BCUT2D eigenvalue weighted by Crippen LogP contribution is -2.54. The zero-order valence-electron chi connectivity index (χ0n) is 21.6. The molecule has 0 spiro atoms. The van der Waals surface area contributed by atoms with Gasteiger partial charge in [-0.3, -0.25) is 19.2 Å². The van der Waals surface area contributed by atoms with Crippen LogP contribution in [-0.4, -0.2) is 69.5 Å². The van der Waals surface area contributed by atoms with Crippen LogP contribution in [0.4, 0.5) is 0 Å². The number of aromatic amines is 1. The summed E-state index contributed by atoms with van der Waals surface area (Å²) < 4.78 is 0. The Bertz CT molecular complexity index is 1370. The molecule has 4 amide bonds. The number of benzene rings is 2. The molecule has 3 atom stereocenters. The summed E-state index contributed by atoms with van der Waals surface area (Å²) >= 11 is 0. The fourth-order valence-electron chi connectivity index (χ4n) is 4.07. The molecule has 212 valence electrons. The molecule has 2 aromatic carbocycles. The molecule has 1 aromatic heterocycles. The molecule has 10 N–H and O–H groups in total. The van der Waals surface area contributed by atoms with Crippen LogP contribution in [0.2, 0.25) is 0 Å². The van der Waals surface area contributed by atoms with Crippen LogP contribution < -0.4 is 27.4 Å². The predicted octanol–water partition coefficient (Wildman–Crippen LogP) is -0.578. The normalized spacial score (nSPS) is 13.1. The molecular weight excluding hydrogens is 520 g/mol. The zero-order valence-corrected chi connectivity index (χ0v) is 21.6. The number of carbonyl (C=O) groups is 5. The lowest BCUT2D eigenvalue weighted by atomic mass is 10.0. The number of nitrogens with one attached hydrogen (secondary N) is 4. The molecule has 0 aliphatic heterocycles. The van der Waals surface area contributed by atoms with Crippen LogP contribution in [-0.2, 0) is 36.8 Å². The number of carboxylic acid groups (broad SMARTS) is 1. The number of aromatic nitrogens is 1. The fraction of sp³-hybridized carbons (Fsp3) is 0.296. The SMILES string of the molecule is NC(=O)CCC(NC(=O)CNC(=O)C(Cc1ccc(O)cc1)NC(=O)C(N)Cc1c[nH]c2ccccc12)C(=O)O. The van der Waals surface area contributed by atoms with Gasteiger partial charge in [0.2, 0.25) is 23.6 Å². The van der Waals surface area contributed by atoms with Crippen molar-refractivity contribution < 1.29 is 34.2 Å². The van der Waals surface area contributed by atoms with Crippen molar-refractivity contribution in [3.8, 4) is 5.75 Å². The Hall–Kier alpha value is -4.91. The second-order valence-electron chi connectivity index (χ2n) is 9.28. The standard InChI is InChI=1S/C27H32N6O7/c28-19(12-16-13-30-20-4-2-1-3-18(16)20)25(37)33-22(11-15-5-7-17(34)8-6-15)26(38)31-14-24(36)32-21(27(39)40)9-10-23(29)35/h1-8,13,19,21-22,30,34H,9-12,14,28H2,(H2,29,35)(H,31,38)(H,32,36)(H,33,37)(H,39,40). The molecule has 13 nitrogen and oxygen atoms in total. The van der Waals surface area contributed by atoms with E-state index in [-0.39, 0.29) is 31.4 Å². The molecule has 0 radical (unpaired) electrons. The Morgan fingerprint density at radius 2 is 1.60 bits per heavy atom. The Morgan fingerprint density at radius 1 is 0.900 bits per heavy atom. The highest BCUT2D eigenvalue weighted by molar-refractivity contribution is 5.93. The minimum atomic E-state index is -1.37. The average Bonchev–Trinajstić information content (AvgIpc) is 3.32. The maximum atomic E-state index is 13.0. The number of hydrogen-bond donors (Lipinski definition) is 8. The Morgan fingerprint density at radius 3 is 2.27 bits per heavy atom. The number of fused-ring (bicyclic) bond motifs is 1. The summed E-state index contributed by atoms with van der Waals surface area (Å²) in [4.78, 5) is 63.8. The summed E-state index contributed by atoms with van der Waals surface area (Å²) in [6.45, 7) is -0.581. The number of phenols is 1. The third kappa shape index (κ3) is 8.56. The Kier molecular flexibility index (Phi) is 10.2. The molecule has 40 heavy (non-hydrogen) atoms. The molecule has 0 saturated heterocycles. The number of para-hydroxylation sites is 1. The van der Waals surface area contributed by atoms with Gasteiger partial charge in [-0.15, -0.1) is 0 Å². The van der Waals surface area contributed by atoms with Crippen LogP contribution in [0.25, 0.3) is 10.9 Å². The summed E-state index contributed by atoms with van der Waals surface area (Å²) in [5.74, 6) is -4.16. The highest BCUT2D eigenvalue weighted by atomic mass is 16.4. The number of H-pyrrole nitrogens is 1. The monoisotopic (exact) mass is 552 g/mol. The molecule has 3 rings (SSSR count). The first-order chi connectivity index (χ1) is 19.0. The van der Waals surface area contributed by atoms with Gasteiger partial charge in [0, 0.05) is 29.9 Å². The van der Waals surface area contributed by atoms with Crippen molar-refractivity contribution in [3.05, 3.63) is 65.9 Å². The van der Waals surface area contributed by atoms with E-state index in [9.17, 15) is 34.2 Å². The van der Waals surface area contributed by atoms with Crippen molar-refractivity contribution in [2.45, 2.75) is 43.8 Å². The van der Waals surface area contributed by atoms with Gasteiger partial charge < -0.3 is 42.6 Å². The van der Waals surface area contributed by atoms with E-state index in [0.29, 0.717) is 5.56 Å². The molecule has 3 aromatic rings. The molecule has 0 saturated carbocycles. The number of primary amides is 1. The van der Waals surface area contributed by atoms with Gasteiger partial charge in [0.05, 0.1) is 12.6 Å². The first-order valence-electron chi connectivity index (χ1n) is 12.5. The third-order valence-corrected chi connectivity index (χ3v) is 6.20. The highest BCUT2D eigenvalue weighted by Gasteiger charge is 2.26. The summed E-state index contributed by atoms with van der Waals surface area (Å²) in [6, 6.07) is 10.1. The second-order valence-corrected chi connectivity index (χ2v) is 9.28. The lowest BCUT2D eigenvalue weighted by Gasteiger charge is -2.21. The minimum absolute atomic E-state index is 0.0235. The van der Waals surface area contributed by atoms with Crippen LogP contribution in [0.3, 0.4) is 0 Å². The first-order valence-corrected chi connectivity index (χ1v) is 12.5. The topological polar surface area (TPSA) is 230 Å². The Balaban J connectivity index is 1.65. The number of carbonyl (C=O) groups excluding carboxylic acids is 4. The van der Waals surface area contributed by atoms with Crippen LogP contribution >= 0.6 is 0 Å². The highest BCUT2D eigenvalue weighted by Crippen LogP contribution is 2.19. The summed E-state index contributed by atoms with van der Waals surface area (Å²) in [7, 11) is 0. The van der Waals surface area contributed by atoms with Gasteiger partial charge >= 0.3 is 5.97 Å². The second kappa shape index (κ2) is 13.8. The molecule has 1 heterocycles. The van der Waals surface area contributed by atoms with E-state index in [1.54, 1.807) is 18.3 Å². The number of aromatic hydroxyl groups is 1. The van der Waals surface area contributed by atoms with Crippen LogP contribution in [0.5, 0.6) is 5.75 Å². The van der Waals surface area contributed by atoms with E-state index < -0.39 is 54.3 Å². The van der Waals surface area contributed by atoms with E-state index in [1.807, 2.05) is 24.3 Å². The molecule has 0 aliphatic carbocycles. The molecule has 0 fully saturated rings. The number of phenolic OH excluding ortho intramolecular Hbond substituents is 1. The zero-order chi connectivity index (χ0) is 29.2. The maximum Gasteiger partial charge on any atom is 0.326 e. The van der Waals surface area contributed by atoms with Crippen molar-refractivity contribution in [2.75, 3.05) is 6.54 Å². The van der Waals surface area contributed by atoms with Crippen molar-refractivity contribution in [1.29, 1.82) is 0 Å². The molecular formula is C27H32N6O7. The van der Waals surface area contributed by atoms with E-state index >= 15 is 0 Å². The molecule has 0 aliphatic rings. The number of nitrogens with two attached hydrogens (primary N) is 2. The smallest absolute Gasteiger partial charge is 0.326 e. The van der Waals surface area contributed by atoms with E-state index in [1.165, 1.54) is 12.1 Å². The fourth-order valence-corrected chi connectivity index (χ4v) is 4.07. The summed E-state index contributed by atoms with van der Waals surface area (Å²) in [6.07, 6.45) is 1.54. The van der Waals surface area contributed by atoms with Crippen LogP contribution in [0.15, 0.2) is 54.7 Å². The van der Waals surface area contributed by atoms with Crippen molar-refractivity contribution in [2.24, 2.45) is 11.5 Å². The first kappa shape index (κ1) is 29.6.